The van der Waals surface area contributed by atoms with E-state index in [0.717, 1.165) is 5.56 Å². The number of hydrogen-bond donors (Lipinski definition) is 2. The van der Waals surface area contributed by atoms with Crippen LogP contribution in [0.1, 0.15) is 31.9 Å². The molecular formula is C17H25NO6. The SMILES string of the molecule is COc1cc(C)c(CC(NC(=O)OC(C)(C)C)C(=O)O)c(OC)c1. The lowest BCUT2D eigenvalue weighted by Gasteiger charge is -2.23. The summed E-state index contributed by atoms with van der Waals surface area (Å²) in [5.41, 5.74) is 0.783. The van der Waals surface area contributed by atoms with Crippen molar-refractivity contribution in [3.8, 4) is 11.5 Å². The Bertz CT molecular complexity index is 606. The monoisotopic (exact) mass is 339 g/mol. The molecule has 0 aliphatic heterocycles. The number of ether oxygens (including phenoxy) is 3. The van der Waals surface area contributed by atoms with Crippen molar-refractivity contribution in [3.63, 3.8) is 0 Å². The molecule has 0 saturated heterocycles. The predicted octanol–water partition coefficient (Wildman–Crippen LogP) is 2.53. The number of carbonyl (C=O) groups is 2. The van der Waals surface area contributed by atoms with Crippen LogP contribution in [0.2, 0.25) is 0 Å². The van der Waals surface area contributed by atoms with E-state index in [1.54, 1.807) is 32.9 Å². The Hall–Kier alpha value is -2.44. The second kappa shape index (κ2) is 7.90. The zero-order chi connectivity index (χ0) is 18.5. The third-order valence-electron chi connectivity index (χ3n) is 3.26. The molecule has 2 N–H and O–H groups in total. The first-order valence-electron chi connectivity index (χ1n) is 7.51. The summed E-state index contributed by atoms with van der Waals surface area (Å²) in [6.45, 7) is 6.95. The molecule has 7 heteroatoms. The highest BCUT2D eigenvalue weighted by atomic mass is 16.6. The molecule has 1 unspecified atom stereocenters. The first-order valence-corrected chi connectivity index (χ1v) is 7.51. The highest BCUT2D eigenvalue weighted by molar-refractivity contribution is 5.80. The van der Waals surface area contributed by atoms with Gasteiger partial charge in [-0.2, -0.15) is 0 Å². The Labute approximate surface area is 141 Å². The van der Waals surface area contributed by atoms with Crippen LogP contribution >= 0.6 is 0 Å². The first kappa shape index (κ1) is 19.6. The normalized spacial score (nSPS) is 12.2. The van der Waals surface area contributed by atoms with E-state index in [4.69, 9.17) is 14.2 Å². The number of hydrogen-bond acceptors (Lipinski definition) is 5. The zero-order valence-electron chi connectivity index (χ0n) is 14.9. The van der Waals surface area contributed by atoms with Crippen molar-refractivity contribution in [2.45, 2.75) is 45.8 Å². The van der Waals surface area contributed by atoms with Crippen molar-refractivity contribution in [2.24, 2.45) is 0 Å². The molecule has 0 saturated carbocycles. The molecule has 0 heterocycles. The van der Waals surface area contributed by atoms with Gasteiger partial charge in [0.25, 0.3) is 0 Å². The summed E-state index contributed by atoms with van der Waals surface area (Å²) in [7, 11) is 3.03. The molecule has 1 atom stereocenters. The summed E-state index contributed by atoms with van der Waals surface area (Å²) in [4.78, 5) is 23.4. The van der Waals surface area contributed by atoms with E-state index in [9.17, 15) is 14.7 Å². The Balaban J connectivity index is 3.01. The van der Waals surface area contributed by atoms with Crippen LogP contribution in [-0.4, -0.2) is 43.0 Å². The average Bonchev–Trinajstić information content (AvgIpc) is 2.45. The molecule has 7 nitrogen and oxygen atoms in total. The average molecular weight is 339 g/mol. The van der Waals surface area contributed by atoms with Crippen LogP contribution in [0.5, 0.6) is 11.5 Å². The fraction of sp³-hybridized carbons (Fsp3) is 0.529. The van der Waals surface area contributed by atoms with E-state index in [-0.39, 0.29) is 6.42 Å². The molecular weight excluding hydrogens is 314 g/mol. The summed E-state index contributed by atoms with van der Waals surface area (Å²) >= 11 is 0. The zero-order valence-corrected chi connectivity index (χ0v) is 14.9. The maximum absolute atomic E-state index is 11.9. The van der Waals surface area contributed by atoms with Crippen LogP contribution in [0.15, 0.2) is 12.1 Å². The predicted molar refractivity (Wildman–Crippen MR) is 88.8 cm³/mol. The summed E-state index contributed by atoms with van der Waals surface area (Å²) in [5.74, 6) is -0.0395. The molecule has 1 amide bonds. The van der Waals surface area contributed by atoms with Crippen LogP contribution in [0.25, 0.3) is 0 Å². The third kappa shape index (κ3) is 5.64. The highest BCUT2D eigenvalue weighted by Crippen LogP contribution is 2.29. The summed E-state index contributed by atoms with van der Waals surface area (Å²) < 4.78 is 15.6. The molecule has 0 bridgehead atoms. The van der Waals surface area contributed by atoms with E-state index in [2.05, 4.69) is 5.32 Å². The van der Waals surface area contributed by atoms with Gasteiger partial charge in [-0.25, -0.2) is 9.59 Å². The third-order valence-corrected chi connectivity index (χ3v) is 3.26. The van der Waals surface area contributed by atoms with Gasteiger partial charge < -0.3 is 24.6 Å². The number of aliphatic carboxylic acids is 1. The molecule has 0 spiro atoms. The number of nitrogens with one attached hydrogen (secondary N) is 1. The van der Waals surface area contributed by atoms with Crippen LogP contribution in [0.4, 0.5) is 4.79 Å². The van der Waals surface area contributed by atoms with Gasteiger partial charge in [0.1, 0.15) is 23.1 Å². The van der Waals surface area contributed by atoms with Crippen molar-refractivity contribution in [1.82, 2.24) is 5.32 Å². The van der Waals surface area contributed by atoms with Gasteiger partial charge in [0, 0.05) is 12.5 Å². The largest absolute Gasteiger partial charge is 0.497 e. The smallest absolute Gasteiger partial charge is 0.408 e. The van der Waals surface area contributed by atoms with Gasteiger partial charge in [-0.15, -0.1) is 0 Å². The number of carbonyl (C=O) groups excluding carboxylic acids is 1. The van der Waals surface area contributed by atoms with Crippen LogP contribution < -0.4 is 14.8 Å². The number of methoxy groups -OCH3 is 2. The minimum absolute atomic E-state index is 0.0631. The Kier molecular flexibility index (Phi) is 6.45. The molecule has 0 radical (unpaired) electrons. The van der Waals surface area contributed by atoms with Gasteiger partial charge in [-0.05, 0) is 44.9 Å². The number of alkyl carbamates (subject to hydrolysis) is 1. The quantitative estimate of drug-likeness (QED) is 0.827. The Morgan fingerprint density at radius 1 is 1.21 bits per heavy atom. The van der Waals surface area contributed by atoms with Gasteiger partial charge >= 0.3 is 12.1 Å². The number of aryl methyl sites for hydroxylation is 1. The van der Waals surface area contributed by atoms with Crippen molar-refractivity contribution in [1.29, 1.82) is 0 Å². The number of amides is 1. The number of carboxylic acids is 1. The van der Waals surface area contributed by atoms with Gasteiger partial charge in [0.15, 0.2) is 0 Å². The first-order chi connectivity index (χ1) is 11.1. The van der Waals surface area contributed by atoms with Gasteiger partial charge in [0.05, 0.1) is 14.2 Å². The summed E-state index contributed by atoms with van der Waals surface area (Å²) in [6.07, 6.45) is -0.715. The standard InChI is InChI=1S/C17H25NO6/c1-10-7-11(22-5)8-14(23-6)12(10)9-13(15(19)20)18-16(21)24-17(2,3)4/h7-8,13H,9H2,1-6H3,(H,18,21)(H,19,20). The lowest BCUT2D eigenvalue weighted by Crippen LogP contribution is -2.44. The maximum atomic E-state index is 11.9. The minimum Gasteiger partial charge on any atom is -0.497 e. The van der Waals surface area contributed by atoms with Gasteiger partial charge in [-0.3, -0.25) is 0 Å². The number of rotatable bonds is 6. The van der Waals surface area contributed by atoms with E-state index in [1.165, 1.54) is 14.2 Å². The van der Waals surface area contributed by atoms with E-state index in [1.807, 2.05) is 6.92 Å². The molecule has 134 valence electrons. The summed E-state index contributed by atoms with van der Waals surface area (Å²) in [5, 5.41) is 11.8. The van der Waals surface area contributed by atoms with Crippen molar-refractivity contribution in [2.75, 3.05) is 14.2 Å². The molecule has 1 aromatic carbocycles. The van der Waals surface area contributed by atoms with Gasteiger partial charge in [-0.1, -0.05) is 0 Å². The van der Waals surface area contributed by atoms with Crippen molar-refractivity contribution in [3.05, 3.63) is 23.3 Å². The van der Waals surface area contributed by atoms with E-state index >= 15 is 0 Å². The lowest BCUT2D eigenvalue weighted by atomic mass is 9.99. The molecule has 1 aromatic rings. The van der Waals surface area contributed by atoms with Crippen LogP contribution in [-0.2, 0) is 16.0 Å². The van der Waals surface area contributed by atoms with E-state index < -0.39 is 23.7 Å². The lowest BCUT2D eigenvalue weighted by molar-refractivity contribution is -0.139. The minimum atomic E-state index is -1.15. The maximum Gasteiger partial charge on any atom is 0.408 e. The molecule has 24 heavy (non-hydrogen) atoms. The van der Waals surface area contributed by atoms with Crippen LogP contribution in [0, 0.1) is 6.92 Å². The number of benzene rings is 1. The Morgan fingerprint density at radius 2 is 1.83 bits per heavy atom. The molecule has 0 aliphatic carbocycles. The molecule has 1 rings (SSSR count). The van der Waals surface area contributed by atoms with Crippen molar-refractivity contribution < 1.29 is 28.9 Å². The second-order valence-corrected chi connectivity index (χ2v) is 6.37. The molecule has 0 aromatic heterocycles. The second-order valence-electron chi connectivity index (χ2n) is 6.37. The fourth-order valence-corrected chi connectivity index (χ4v) is 2.17. The topological polar surface area (TPSA) is 94.1 Å². The van der Waals surface area contributed by atoms with Crippen molar-refractivity contribution >= 4 is 12.1 Å². The highest BCUT2D eigenvalue weighted by Gasteiger charge is 2.26. The van der Waals surface area contributed by atoms with Gasteiger partial charge in [0.2, 0.25) is 0 Å². The van der Waals surface area contributed by atoms with Crippen LogP contribution in [0.3, 0.4) is 0 Å². The molecule has 0 aliphatic rings. The molecule has 0 fully saturated rings. The number of carboxylic acid groups (broad SMARTS) is 1. The fourth-order valence-electron chi connectivity index (χ4n) is 2.17. The van der Waals surface area contributed by atoms with E-state index in [0.29, 0.717) is 17.1 Å². The summed E-state index contributed by atoms with van der Waals surface area (Å²) in [6, 6.07) is 2.32. The Morgan fingerprint density at radius 3 is 2.29 bits per heavy atom.